The van der Waals surface area contributed by atoms with Crippen LogP contribution in [0.5, 0.6) is 5.75 Å². The molecule has 0 fully saturated rings. The number of aldehydes is 1. The van der Waals surface area contributed by atoms with Gasteiger partial charge in [-0.25, -0.2) is 0 Å². The van der Waals surface area contributed by atoms with Crippen molar-refractivity contribution in [3.8, 4) is 5.75 Å². The highest BCUT2D eigenvalue weighted by atomic mass is 32.2. The summed E-state index contributed by atoms with van der Waals surface area (Å²) in [4.78, 5) is 24.8. The monoisotopic (exact) mass is 389 g/mol. The Kier molecular flexibility index (Phi) is 7.69. The van der Waals surface area contributed by atoms with Gasteiger partial charge in [-0.15, -0.1) is 11.8 Å². The van der Waals surface area contributed by atoms with Crippen molar-refractivity contribution < 1.29 is 24.5 Å². The van der Waals surface area contributed by atoms with Gasteiger partial charge in [0.25, 0.3) is 0 Å². The number of hydrogen-bond acceptors (Lipinski definition) is 6. The summed E-state index contributed by atoms with van der Waals surface area (Å²) in [7, 11) is 3.39. The van der Waals surface area contributed by atoms with Crippen LogP contribution in [0.3, 0.4) is 0 Å². The van der Waals surface area contributed by atoms with Gasteiger partial charge in [0.15, 0.2) is 0 Å². The number of carbonyl (C=O) groups is 2. The van der Waals surface area contributed by atoms with Gasteiger partial charge >= 0.3 is 5.97 Å². The SMILES string of the molecule is COc1ccc(C(Sc2ccccc2N(C)CCC(=O)O)C(O)C=O)cc1. The molecular weight excluding hydrogens is 366 g/mol. The number of benzene rings is 2. The summed E-state index contributed by atoms with van der Waals surface area (Å²) in [5, 5.41) is 18.7. The molecule has 0 heterocycles. The van der Waals surface area contributed by atoms with Gasteiger partial charge < -0.3 is 24.6 Å². The van der Waals surface area contributed by atoms with E-state index < -0.39 is 17.3 Å². The third-order valence-corrected chi connectivity index (χ3v) is 5.49. The Morgan fingerprint density at radius 3 is 2.48 bits per heavy atom. The lowest BCUT2D eigenvalue weighted by Crippen LogP contribution is -2.22. The molecule has 0 aromatic heterocycles. The molecule has 2 atom stereocenters. The number of aliphatic hydroxyl groups excluding tert-OH is 1. The fourth-order valence-corrected chi connectivity index (χ4v) is 3.86. The number of ether oxygens (including phenoxy) is 1. The minimum Gasteiger partial charge on any atom is -0.497 e. The summed E-state index contributed by atoms with van der Waals surface area (Å²) in [5.41, 5.74) is 1.64. The summed E-state index contributed by atoms with van der Waals surface area (Å²) in [6.45, 7) is 0.357. The van der Waals surface area contributed by atoms with Gasteiger partial charge in [0, 0.05) is 18.5 Å². The molecule has 2 aromatic rings. The van der Waals surface area contributed by atoms with E-state index in [2.05, 4.69) is 0 Å². The van der Waals surface area contributed by atoms with E-state index in [1.54, 1.807) is 19.2 Å². The Labute approximate surface area is 162 Å². The Morgan fingerprint density at radius 1 is 1.22 bits per heavy atom. The summed E-state index contributed by atoms with van der Waals surface area (Å²) in [6.07, 6.45) is -0.631. The van der Waals surface area contributed by atoms with E-state index in [4.69, 9.17) is 9.84 Å². The number of carboxylic acids is 1. The molecule has 27 heavy (non-hydrogen) atoms. The second kappa shape index (κ2) is 9.99. The van der Waals surface area contributed by atoms with Gasteiger partial charge in [-0.05, 0) is 29.8 Å². The van der Waals surface area contributed by atoms with Crippen molar-refractivity contribution in [2.75, 3.05) is 25.6 Å². The van der Waals surface area contributed by atoms with E-state index in [1.807, 2.05) is 48.3 Å². The van der Waals surface area contributed by atoms with Gasteiger partial charge in [-0.2, -0.15) is 0 Å². The van der Waals surface area contributed by atoms with E-state index in [0.717, 1.165) is 16.1 Å². The maximum absolute atomic E-state index is 11.3. The van der Waals surface area contributed by atoms with Crippen molar-refractivity contribution in [2.45, 2.75) is 22.7 Å². The van der Waals surface area contributed by atoms with Crippen LogP contribution in [0.15, 0.2) is 53.4 Å². The number of nitrogens with zero attached hydrogens (tertiary/aromatic N) is 1. The van der Waals surface area contributed by atoms with E-state index in [-0.39, 0.29) is 6.42 Å². The van der Waals surface area contributed by atoms with E-state index >= 15 is 0 Å². The number of carbonyl (C=O) groups excluding carboxylic acids is 1. The summed E-state index contributed by atoms with van der Waals surface area (Å²) >= 11 is 1.37. The topological polar surface area (TPSA) is 87.1 Å². The average Bonchev–Trinajstić information content (AvgIpc) is 2.70. The highest BCUT2D eigenvalue weighted by Crippen LogP contribution is 2.42. The number of aliphatic hydroxyl groups is 1. The van der Waals surface area contributed by atoms with Crippen LogP contribution in [-0.2, 0) is 9.59 Å². The van der Waals surface area contributed by atoms with Gasteiger partial charge in [0.05, 0.1) is 24.5 Å². The zero-order valence-corrected chi connectivity index (χ0v) is 16.1. The second-order valence-corrected chi connectivity index (χ2v) is 7.15. The maximum Gasteiger partial charge on any atom is 0.305 e. The first-order valence-electron chi connectivity index (χ1n) is 8.42. The highest BCUT2D eigenvalue weighted by molar-refractivity contribution is 7.99. The van der Waals surface area contributed by atoms with Crippen LogP contribution >= 0.6 is 11.8 Å². The molecule has 0 bridgehead atoms. The lowest BCUT2D eigenvalue weighted by molar-refractivity contribution is -0.136. The number of thioether (sulfide) groups is 1. The number of aliphatic carboxylic acids is 1. The molecule has 7 heteroatoms. The first-order valence-corrected chi connectivity index (χ1v) is 9.30. The number of rotatable bonds is 10. The van der Waals surface area contributed by atoms with Crippen molar-refractivity contribution in [1.82, 2.24) is 0 Å². The van der Waals surface area contributed by atoms with Crippen LogP contribution in [0.1, 0.15) is 17.2 Å². The van der Waals surface area contributed by atoms with Crippen LogP contribution in [0.4, 0.5) is 5.69 Å². The summed E-state index contributed by atoms with van der Waals surface area (Å²) in [5.74, 6) is -0.170. The van der Waals surface area contributed by atoms with Crippen molar-refractivity contribution in [2.24, 2.45) is 0 Å². The molecular formula is C20H23NO5S. The Bertz CT molecular complexity index is 765. The molecule has 0 saturated heterocycles. The molecule has 2 N–H and O–H groups in total. The second-order valence-electron chi connectivity index (χ2n) is 5.97. The van der Waals surface area contributed by atoms with Crippen molar-refractivity contribution in [1.29, 1.82) is 0 Å². The molecule has 0 aliphatic rings. The number of methoxy groups -OCH3 is 1. The zero-order valence-electron chi connectivity index (χ0n) is 15.2. The molecule has 0 aliphatic carbocycles. The summed E-state index contributed by atoms with van der Waals surface area (Å²) < 4.78 is 5.16. The first-order chi connectivity index (χ1) is 13.0. The number of para-hydroxylation sites is 1. The molecule has 0 amide bonds. The Morgan fingerprint density at radius 2 is 1.89 bits per heavy atom. The molecule has 2 rings (SSSR count). The lowest BCUT2D eigenvalue weighted by atomic mass is 10.1. The van der Waals surface area contributed by atoms with Crippen molar-refractivity contribution in [3.63, 3.8) is 0 Å². The first kappa shape index (κ1) is 20.8. The lowest BCUT2D eigenvalue weighted by Gasteiger charge is -2.25. The molecule has 6 nitrogen and oxygen atoms in total. The van der Waals surface area contributed by atoms with Gasteiger partial charge in [0.1, 0.15) is 18.1 Å². The molecule has 144 valence electrons. The standard InChI is InChI=1S/C20H23NO5S/c1-21(12-11-19(24)25)16-5-3-4-6-18(16)27-20(17(23)13-22)14-7-9-15(26-2)10-8-14/h3-10,13,17,20,23H,11-12H2,1-2H3,(H,24,25). The number of carboxylic acid groups (broad SMARTS) is 1. The Hall–Kier alpha value is -2.51. The summed E-state index contributed by atoms with van der Waals surface area (Å²) in [6, 6.07) is 14.7. The predicted octanol–water partition coefficient (Wildman–Crippen LogP) is 3.00. The Balaban J connectivity index is 2.29. The zero-order chi connectivity index (χ0) is 19.8. The van der Waals surface area contributed by atoms with E-state index in [1.165, 1.54) is 11.8 Å². The fourth-order valence-electron chi connectivity index (χ4n) is 2.59. The predicted molar refractivity (Wildman–Crippen MR) is 106 cm³/mol. The van der Waals surface area contributed by atoms with Crippen LogP contribution in [-0.4, -0.2) is 49.3 Å². The average molecular weight is 389 g/mol. The van der Waals surface area contributed by atoms with E-state index in [0.29, 0.717) is 18.6 Å². The largest absolute Gasteiger partial charge is 0.497 e. The molecule has 2 unspecified atom stereocenters. The van der Waals surface area contributed by atoms with Crippen LogP contribution < -0.4 is 9.64 Å². The quantitative estimate of drug-likeness (QED) is 0.477. The highest BCUT2D eigenvalue weighted by Gasteiger charge is 2.24. The van der Waals surface area contributed by atoms with Crippen molar-refractivity contribution >= 4 is 29.7 Å². The van der Waals surface area contributed by atoms with Gasteiger partial charge in [-0.1, -0.05) is 24.3 Å². The molecule has 0 spiro atoms. The number of hydrogen-bond donors (Lipinski definition) is 2. The minimum atomic E-state index is -1.18. The van der Waals surface area contributed by atoms with Gasteiger partial charge in [0.2, 0.25) is 0 Å². The van der Waals surface area contributed by atoms with Gasteiger partial charge in [-0.3, -0.25) is 4.79 Å². The molecule has 0 saturated carbocycles. The molecule has 0 radical (unpaired) electrons. The van der Waals surface area contributed by atoms with Crippen molar-refractivity contribution in [3.05, 3.63) is 54.1 Å². The molecule has 0 aliphatic heterocycles. The smallest absolute Gasteiger partial charge is 0.305 e. The third-order valence-electron chi connectivity index (χ3n) is 4.09. The van der Waals surface area contributed by atoms with Crippen LogP contribution in [0.2, 0.25) is 0 Å². The fraction of sp³-hybridized carbons (Fsp3) is 0.300. The number of anilines is 1. The third kappa shape index (κ3) is 5.74. The van der Waals surface area contributed by atoms with Crippen LogP contribution in [0, 0.1) is 0 Å². The van der Waals surface area contributed by atoms with Crippen LogP contribution in [0.25, 0.3) is 0 Å². The van der Waals surface area contributed by atoms with E-state index in [9.17, 15) is 14.7 Å². The normalized spacial score (nSPS) is 12.9. The molecule has 2 aromatic carbocycles. The minimum absolute atomic E-state index is 0.0222. The maximum atomic E-state index is 11.3.